The molecule has 6 nitrogen and oxygen atoms in total. The molecule has 1 aliphatic heterocycles. The lowest BCUT2D eigenvalue weighted by Gasteiger charge is -2.19. The number of aromatic nitrogens is 3. The highest BCUT2D eigenvalue weighted by Crippen LogP contribution is 2.30. The Bertz CT molecular complexity index is 1220. The van der Waals surface area contributed by atoms with Crippen LogP contribution in [0.4, 0.5) is 5.13 Å². The second-order valence-electron chi connectivity index (χ2n) is 7.47. The molecular formula is C22H21N5OS2. The third kappa shape index (κ3) is 4.12. The molecule has 8 heteroatoms. The summed E-state index contributed by atoms with van der Waals surface area (Å²) in [5.41, 5.74) is 7.85. The van der Waals surface area contributed by atoms with Crippen LogP contribution in [0.15, 0.2) is 42.2 Å². The SMILES string of the molecule is CC(=O)Nc1ncc(-c2cnc3c(c2)CCN(Cc2ccc4scnc4c2)CC3)s1. The first-order valence-electron chi connectivity index (χ1n) is 9.90. The third-order valence-corrected chi connectivity index (χ3v) is 7.07. The minimum absolute atomic E-state index is 0.107. The van der Waals surface area contributed by atoms with Crippen LogP contribution in [0.25, 0.3) is 20.7 Å². The normalized spacial score (nSPS) is 14.4. The van der Waals surface area contributed by atoms with Gasteiger partial charge in [-0.3, -0.25) is 14.7 Å². The van der Waals surface area contributed by atoms with E-state index >= 15 is 0 Å². The summed E-state index contributed by atoms with van der Waals surface area (Å²) >= 11 is 3.16. The topological polar surface area (TPSA) is 71.0 Å². The van der Waals surface area contributed by atoms with Gasteiger partial charge in [-0.2, -0.15) is 0 Å². The van der Waals surface area contributed by atoms with Crippen molar-refractivity contribution in [3.05, 3.63) is 59.0 Å². The molecule has 0 saturated carbocycles. The summed E-state index contributed by atoms with van der Waals surface area (Å²) in [6, 6.07) is 8.83. The highest BCUT2D eigenvalue weighted by Gasteiger charge is 2.17. The van der Waals surface area contributed by atoms with Gasteiger partial charge in [0, 0.05) is 56.6 Å². The first kappa shape index (κ1) is 19.3. The Kier molecular flexibility index (Phi) is 5.28. The van der Waals surface area contributed by atoms with E-state index in [9.17, 15) is 4.79 Å². The summed E-state index contributed by atoms with van der Waals surface area (Å²) in [5.74, 6) is -0.107. The number of carbonyl (C=O) groups is 1. The van der Waals surface area contributed by atoms with Crippen molar-refractivity contribution < 1.29 is 4.79 Å². The summed E-state index contributed by atoms with van der Waals surface area (Å²) in [6.07, 6.45) is 5.66. The molecule has 0 spiro atoms. The van der Waals surface area contributed by atoms with Crippen molar-refractivity contribution in [3.63, 3.8) is 0 Å². The zero-order valence-electron chi connectivity index (χ0n) is 16.6. The van der Waals surface area contributed by atoms with Gasteiger partial charge in [-0.15, -0.1) is 11.3 Å². The number of benzene rings is 1. The highest BCUT2D eigenvalue weighted by atomic mass is 32.1. The zero-order valence-corrected chi connectivity index (χ0v) is 18.2. The van der Waals surface area contributed by atoms with Crippen molar-refractivity contribution in [1.82, 2.24) is 19.9 Å². The number of pyridine rings is 1. The number of fused-ring (bicyclic) bond motifs is 2. The lowest BCUT2D eigenvalue weighted by atomic mass is 10.1. The van der Waals surface area contributed by atoms with Gasteiger partial charge in [-0.25, -0.2) is 9.97 Å². The lowest BCUT2D eigenvalue weighted by molar-refractivity contribution is -0.114. The van der Waals surface area contributed by atoms with Crippen molar-refractivity contribution in [1.29, 1.82) is 0 Å². The highest BCUT2D eigenvalue weighted by molar-refractivity contribution is 7.19. The molecule has 4 heterocycles. The van der Waals surface area contributed by atoms with E-state index in [0.717, 1.165) is 48.4 Å². The van der Waals surface area contributed by atoms with E-state index in [0.29, 0.717) is 5.13 Å². The molecule has 3 aromatic heterocycles. The summed E-state index contributed by atoms with van der Waals surface area (Å²) in [4.78, 5) is 28.2. The fraction of sp³-hybridized carbons (Fsp3) is 0.273. The Morgan fingerprint density at radius 3 is 2.93 bits per heavy atom. The van der Waals surface area contributed by atoms with E-state index in [1.54, 1.807) is 17.5 Å². The molecule has 0 saturated heterocycles. The Morgan fingerprint density at radius 1 is 1.13 bits per heavy atom. The monoisotopic (exact) mass is 435 g/mol. The molecule has 5 rings (SSSR count). The molecule has 0 atom stereocenters. The second-order valence-corrected chi connectivity index (χ2v) is 9.39. The first-order valence-corrected chi connectivity index (χ1v) is 11.6. The van der Waals surface area contributed by atoms with Crippen LogP contribution in [0.1, 0.15) is 23.7 Å². The quantitative estimate of drug-likeness (QED) is 0.515. The van der Waals surface area contributed by atoms with Crippen LogP contribution in [0.3, 0.4) is 0 Å². The Hall–Kier alpha value is -2.68. The smallest absolute Gasteiger partial charge is 0.223 e. The van der Waals surface area contributed by atoms with Crippen molar-refractivity contribution in [2.75, 3.05) is 18.4 Å². The molecule has 30 heavy (non-hydrogen) atoms. The largest absolute Gasteiger partial charge is 0.302 e. The predicted octanol–water partition coefficient (Wildman–Crippen LogP) is 4.37. The van der Waals surface area contributed by atoms with Gasteiger partial charge in [0.1, 0.15) is 0 Å². The van der Waals surface area contributed by atoms with Crippen molar-refractivity contribution in [2.45, 2.75) is 26.3 Å². The van der Waals surface area contributed by atoms with Crippen LogP contribution in [0.2, 0.25) is 0 Å². The molecule has 1 aromatic carbocycles. The lowest BCUT2D eigenvalue weighted by Crippen LogP contribution is -2.25. The summed E-state index contributed by atoms with van der Waals surface area (Å²) in [6.45, 7) is 4.43. The second kappa shape index (κ2) is 8.22. The van der Waals surface area contributed by atoms with Crippen LogP contribution >= 0.6 is 22.7 Å². The third-order valence-electron chi connectivity index (χ3n) is 5.30. The molecule has 4 aromatic rings. The molecule has 0 radical (unpaired) electrons. The number of thiazole rings is 2. The summed E-state index contributed by atoms with van der Waals surface area (Å²) in [5, 5.41) is 3.36. The summed E-state index contributed by atoms with van der Waals surface area (Å²) in [7, 11) is 0. The predicted molar refractivity (Wildman–Crippen MR) is 122 cm³/mol. The van der Waals surface area contributed by atoms with Gasteiger partial charge < -0.3 is 5.32 Å². The van der Waals surface area contributed by atoms with Gasteiger partial charge in [0.05, 0.1) is 20.6 Å². The fourth-order valence-corrected chi connectivity index (χ4v) is 5.31. The van der Waals surface area contributed by atoms with Gasteiger partial charge in [-0.05, 0) is 35.7 Å². The molecule has 1 N–H and O–H groups in total. The van der Waals surface area contributed by atoms with Gasteiger partial charge in [-0.1, -0.05) is 17.4 Å². The van der Waals surface area contributed by atoms with Crippen LogP contribution in [-0.2, 0) is 24.2 Å². The van der Waals surface area contributed by atoms with Crippen LogP contribution < -0.4 is 5.32 Å². The molecule has 0 aliphatic carbocycles. The van der Waals surface area contributed by atoms with Crippen molar-refractivity contribution in [3.8, 4) is 10.4 Å². The van der Waals surface area contributed by atoms with E-state index in [1.807, 2.05) is 11.7 Å². The number of amides is 1. The molecular weight excluding hydrogens is 414 g/mol. The van der Waals surface area contributed by atoms with Gasteiger partial charge in [0.2, 0.25) is 5.91 Å². The maximum atomic E-state index is 11.2. The number of carbonyl (C=O) groups excluding carboxylic acids is 1. The minimum Gasteiger partial charge on any atom is -0.302 e. The number of nitrogens with zero attached hydrogens (tertiary/aromatic N) is 4. The maximum Gasteiger partial charge on any atom is 0.223 e. The van der Waals surface area contributed by atoms with Crippen molar-refractivity contribution in [2.24, 2.45) is 0 Å². The first-order chi connectivity index (χ1) is 14.6. The number of hydrogen-bond donors (Lipinski definition) is 1. The van der Waals surface area contributed by atoms with Crippen molar-refractivity contribution >= 4 is 43.9 Å². The Labute approximate surface area is 182 Å². The molecule has 0 fully saturated rings. The van der Waals surface area contributed by atoms with E-state index in [1.165, 1.54) is 39.8 Å². The zero-order chi connectivity index (χ0) is 20.5. The molecule has 1 amide bonds. The fourth-order valence-electron chi connectivity index (χ4n) is 3.80. The van der Waals surface area contributed by atoms with Gasteiger partial charge in [0.25, 0.3) is 0 Å². The van der Waals surface area contributed by atoms with Gasteiger partial charge >= 0.3 is 0 Å². The van der Waals surface area contributed by atoms with E-state index in [-0.39, 0.29) is 5.91 Å². The molecule has 1 aliphatic rings. The van der Waals surface area contributed by atoms with E-state index < -0.39 is 0 Å². The van der Waals surface area contributed by atoms with Crippen LogP contribution in [0.5, 0.6) is 0 Å². The summed E-state index contributed by atoms with van der Waals surface area (Å²) < 4.78 is 1.24. The molecule has 0 unspecified atom stereocenters. The Morgan fingerprint density at radius 2 is 2.03 bits per heavy atom. The maximum absolute atomic E-state index is 11.2. The number of rotatable bonds is 4. The Balaban J connectivity index is 1.30. The standard InChI is InChI=1S/C22H21N5OS2/c1-14(28)26-22-24-11-21(30-22)17-9-16-4-6-27(7-5-18(16)23-10-17)12-15-2-3-20-19(8-15)25-13-29-20/h2-3,8-11,13H,4-7,12H2,1H3,(H,24,26,28). The average Bonchev–Trinajstić information content (AvgIpc) is 3.34. The van der Waals surface area contributed by atoms with E-state index in [4.69, 9.17) is 4.98 Å². The van der Waals surface area contributed by atoms with Gasteiger partial charge in [0.15, 0.2) is 5.13 Å². The van der Waals surface area contributed by atoms with Crippen LogP contribution in [-0.4, -0.2) is 38.8 Å². The molecule has 0 bridgehead atoms. The molecule has 152 valence electrons. The number of anilines is 1. The number of nitrogens with one attached hydrogen (secondary N) is 1. The number of hydrogen-bond acceptors (Lipinski definition) is 7. The minimum atomic E-state index is -0.107. The van der Waals surface area contributed by atoms with E-state index in [2.05, 4.69) is 44.5 Å². The van der Waals surface area contributed by atoms with Crippen LogP contribution in [0, 0.1) is 0 Å². The average molecular weight is 436 g/mol.